The molecule has 2 N–H and O–H groups in total. The van der Waals surface area contributed by atoms with Crippen molar-refractivity contribution in [3.8, 4) is 0 Å². The van der Waals surface area contributed by atoms with Crippen molar-refractivity contribution in [1.82, 2.24) is 10.2 Å². The summed E-state index contributed by atoms with van der Waals surface area (Å²) < 4.78 is 5.48. The fourth-order valence-electron chi connectivity index (χ4n) is 2.50. The number of rotatable bonds is 5. The van der Waals surface area contributed by atoms with E-state index < -0.39 is 0 Å². The monoisotopic (exact) mass is 292 g/mol. The van der Waals surface area contributed by atoms with Crippen molar-refractivity contribution >= 4 is 5.91 Å². The van der Waals surface area contributed by atoms with Gasteiger partial charge in [0.25, 0.3) is 0 Å². The van der Waals surface area contributed by atoms with Crippen LogP contribution in [0.4, 0.5) is 0 Å². The lowest BCUT2D eigenvalue weighted by Gasteiger charge is -2.37. The van der Waals surface area contributed by atoms with Gasteiger partial charge in [0.2, 0.25) is 5.91 Å². The molecule has 3 atom stereocenters. The lowest BCUT2D eigenvalue weighted by molar-refractivity contribution is -0.128. The normalized spacial score (nSPS) is 24.5. The summed E-state index contributed by atoms with van der Waals surface area (Å²) in [6.07, 6.45) is -0.194. The number of aliphatic hydroxyl groups is 1. The Hall–Kier alpha value is -1.43. The summed E-state index contributed by atoms with van der Waals surface area (Å²) in [6.45, 7) is 5.47. The van der Waals surface area contributed by atoms with Crippen LogP contribution in [0.2, 0.25) is 0 Å². The van der Waals surface area contributed by atoms with E-state index in [1.54, 1.807) is 0 Å². The van der Waals surface area contributed by atoms with Crippen molar-refractivity contribution in [2.75, 3.05) is 26.3 Å². The van der Waals surface area contributed by atoms with Crippen molar-refractivity contribution < 1.29 is 14.6 Å². The van der Waals surface area contributed by atoms with Crippen LogP contribution in [-0.4, -0.2) is 54.4 Å². The summed E-state index contributed by atoms with van der Waals surface area (Å²) in [5.41, 5.74) is 1.09. The van der Waals surface area contributed by atoms with Gasteiger partial charge >= 0.3 is 0 Å². The van der Waals surface area contributed by atoms with Crippen molar-refractivity contribution in [2.45, 2.75) is 32.0 Å². The summed E-state index contributed by atoms with van der Waals surface area (Å²) in [7, 11) is 0. The van der Waals surface area contributed by atoms with Gasteiger partial charge in [0, 0.05) is 12.6 Å². The Morgan fingerprint density at radius 3 is 2.86 bits per heavy atom. The van der Waals surface area contributed by atoms with E-state index in [2.05, 4.69) is 10.2 Å². The Morgan fingerprint density at radius 1 is 1.48 bits per heavy atom. The number of nitrogens with zero attached hydrogens (tertiary/aromatic N) is 1. The molecule has 2 rings (SSSR count). The maximum Gasteiger partial charge on any atom is 0.234 e. The van der Waals surface area contributed by atoms with Crippen LogP contribution in [0, 0.1) is 0 Å². The fourth-order valence-corrected chi connectivity index (χ4v) is 2.50. The van der Waals surface area contributed by atoms with Gasteiger partial charge in [0.15, 0.2) is 0 Å². The van der Waals surface area contributed by atoms with Crippen LogP contribution in [-0.2, 0) is 9.53 Å². The Kier molecular flexibility index (Phi) is 5.73. The van der Waals surface area contributed by atoms with Crippen molar-refractivity contribution in [3.05, 3.63) is 35.9 Å². The molecule has 1 heterocycles. The number of carbonyl (C=O) groups is 1. The highest BCUT2D eigenvalue weighted by Crippen LogP contribution is 2.13. The number of morpholine rings is 1. The zero-order valence-electron chi connectivity index (χ0n) is 12.7. The van der Waals surface area contributed by atoms with Gasteiger partial charge in [-0.15, -0.1) is 0 Å². The average Bonchev–Trinajstić information content (AvgIpc) is 2.50. The number of hydrogen-bond acceptors (Lipinski definition) is 4. The number of amides is 1. The van der Waals surface area contributed by atoms with Gasteiger partial charge < -0.3 is 15.2 Å². The summed E-state index contributed by atoms with van der Waals surface area (Å²) in [6, 6.07) is 10.1. The Balaban J connectivity index is 1.86. The highest BCUT2D eigenvalue weighted by molar-refractivity contribution is 5.78. The predicted molar refractivity (Wildman–Crippen MR) is 80.9 cm³/mol. The molecule has 5 heteroatoms. The number of nitrogens with one attached hydrogen (secondary N) is 1. The van der Waals surface area contributed by atoms with E-state index in [0.29, 0.717) is 19.7 Å². The van der Waals surface area contributed by atoms with Crippen LogP contribution < -0.4 is 5.32 Å². The van der Waals surface area contributed by atoms with Gasteiger partial charge in [0.05, 0.1) is 31.9 Å². The number of benzene rings is 1. The molecule has 1 amide bonds. The van der Waals surface area contributed by atoms with Gasteiger partial charge in [-0.2, -0.15) is 0 Å². The molecule has 0 bridgehead atoms. The van der Waals surface area contributed by atoms with Crippen molar-refractivity contribution in [2.24, 2.45) is 0 Å². The zero-order chi connectivity index (χ0) is 15.2. The molecule has 0 aromatic heterocycles. The van der Waals surface area contributed by atoms with Gasteiger partial charge in [-0.3, -0.25) is 9.69 Å². The maximum atomic E-state index is 12.2. The highest BCUT2D eigenvalue weighted by Gasteiger charge is 2.27. The molecule has 21 heavy (non-hydrogen) atoms. The van der Waals surface area contributed by atoms with E-state index in [0.717, 1.165) is 5.56 Å². The second kappa shape index (κ2) is 7.54. The predicted octanol–water partition coefficient (Wildman–Crippen LogP) is 0.945. The van der Waals surface area contributed by atoms with Crippen LogP contribution in [0.3, 0.4) is 0 Å². The summed E-state index contributed by atoms with van der Waals surface area (Å²) in [5.74, 6) is -0.00297. The Labute approximate surface area is 125 Å². The molecule has 116 valence electrons. The molecule has 5 nitrogen and oxygen atoms in total. The van der Waals surface area contributed by atoms with Crippen LogP contribution in [0.1, 0.15) is 25.5 Å². The topological polar surface area (TPSA) is 61.8 Å². The number of ether oxygens (including phenoxy) is 1. The molecular formula is C16H24N2O3. The lowest BCUT2D eigenvalue weighted by atomic mass is 10.1. The van der Waals surface area contributed by atoms with Crippen molar-refractivity contribution in [3.63, 3.8) is 0 Å². The van der Waals surface area contributed by atoms with E-state index in [4.69, 9.17) is 4.74 Å². The number of hydrogen-bond donors (Lipinski definition) is 2. The second-order valence-corrected chi connectivity index (χ2v) is 5.62. The van der Waals surface area contributed by atoms with Crippen LogP contribution in [0.5, 0.6) is 0 Å². The molecule has 1 aliphatic heterocycles. The number of aliphatic hydroxyl groups excluding tert-OH is 1. The highest BCUT2D eigenvalue weighted by atomic mass is 16.5. The third kappa shape index (κ3) is 4.52. The van der Waals surface area contributed by atoms with E-state index >= 15 is 0 Å². The quantitative estimate of drug-likeness (QED) is 0.848. The molecule has 3 unspecified atom stereocenters. The van der Waals surface area contributed by atoms with E-state index in [1.165, 1.54) is 0 Å². The first kappa shape index (κ1) is 15.9. The van der Waals surface area contributed by atoms with Gasteiger partial charge in [-0.05, 0) is 19.4 Å². The Morgan fingerprint density at radius 2 is 2.19 bits per heavy atom. The number of carbonyl (C=O) groups excluding carboxylic acids is 1. The summed E-state index contributed by atoms with van der Waals surface area (Å²) in [4.78, 5) is 14.2. The second-order valence-electron chi connectivity index (χ2n) is 5.62. The molecule has 1 aromatic carbocycles. The Bertz CT molecular complexity index is 452. The summed E-state index contributed by atoms with van der Waals surface area (Å²) >= 11 is 0. The van der Waals surface area contributed by atoms with E-state index in [-0.39, 0.29) is 30.7 Å². The standard InChI is InChI=1S/C16H24N2O3/c1-12-11-21-15(10-19)8-18(12)9-16(20)17-13(2)14-6-4-3-5-7-14/h3-7,12-13,15,19H,8-11H2,1-2H3,(H,17,20). The SMILES string of the molecule is CC(NC(=O)CN1CC(CO)OCC1C)c1ccccc1. The minimum atomic E-state index is -0.194. The van der Waals surface area contributed by atoms with Gasteiger partial charge in [-0.1, -0.05) is 30.3 Å². The molecule has 1 aliphatic rings. The van der Waals surface area contributed by atoms with Crippen LogP contribution in [0.15, 0.2) is 30.3 Å². The smallest absolute Gasteiger partial charge is 0.234 e. The van der Waals surface area contributed by atoms with E-state index in [9.17, 15) is 9.90 Å². The minimum Gasteiger partial charge on any atom is -0.394 e. The molecule has 1 aromatic rings. The van der Waals surface area contributed by atoms with Crippen LogP contribution >= 0.6 is 0 Å². The van der Waals surface area contributed by atoms with Crippen molar-refractivity contribution in [1.29, 1.82) is 0 Å². The maximum absolute atomic E-state index is 12.2. The third-order valence-corrected chi connectivity index (χ3v) is 3.86. The first-order chi connectivity index (χ1) is 10.1. The minimum absolute atomic E-state index is 0.00297. The fraction of sp³-hybridized carbons (Fsp3) is 0.562. The zero-order valence-corrected chi connectivity index (χ0v) is 12.7. The largest absolute Gasteiger partial charge is 0.394 e. The lowest BCUT2D eigenvalue weighted by Crippen LogP contribution is -2.52. The molecule has 0 radical (unpaired) electrons. The van der Waals surface area contributed by atoms with Crippen LogP contribution in [0.25, 0.3) is 0 Å². The average molecular weight is 292 g/mol. The van der Waals surface area contributed by atoms with E-state index in [1.807, 2.05) is 44.2 Å². The molecule has 0 aliphatic carbocycles. The first-order valence-corrected chi connectivity index (χ1v) is 7.41. The molecule has 0 spiro atoms. The summed E-state index contributed by atoms with van der Waals surface area (Å²) in [5, 5.41) is 12.2. The van der Waals surface area contributed by atoms with Gasteiger partial charge in [-0.25, -0.2) is 0 Å². The molecule has 1 fully saturated rings. The molecule has 1 saturated heterocycles. The molecular weight excluding hydrogens is 268 g/mol. The van der Waals surface area contributed by atoms with Gasteiger partial charge in [0.1, 0.15) is 0 Å². The third-order valence-electron chi connectivity index (χ3n) is 3.86. The first-order valence-electron chi connectivity index (χ1n) is 7.41. The molecule has 0 saturated carbocycles.